The van der Waals surface area contributed by atoms with E-state index in [9.17, 15) is 5.11 Å². The minimum Gasteiger partial charge on any atom is -0.493 e. The lowest BCUT2D eigenvalue weighted by Crippen LogP contribution is -2.44. The number of ether oxygens (including phenoxy) is 2. The summed E-state index contributed by atoms with van der Waals surface area (Å²) in [6.07, 6.45) is 4.15. The number of benzene rings is 1. The summed E-state index contributed by atoms with van der Waals surface area (Å²) >= 11 is 0. The molecule has 118 valence electrons. The molecule has 1 saturated carbocycles. The van der Waals surface area contributed by atoms with Gasteiger partial charge in [-0.15, -0.1) is 0 Å². The Morgan fingerprint density at radius 2 is 2.10 bits per heavy atom. The zero-order valence-corrected chi connectivity index (χ0v) is 13.1. The summed E-state index contributed by atoms with van der Waals surface area (Å²) in [6, 6.07) is 7.63. The first-order valence-corrected chi connectivity index (χ1v) is 7.82. The SMILES string of the molecule is COc1ccccc1OCCNCC1(O)CCCC(C)C1. The molecule has 4 nitrogen and oxygen atoms in total. The summed E-state index contributed by atoms with van der Waals surface area (Å²) in [5, 5.41) is 13.8. The van der Waals surface area contributed by atoms with Crippen LogP contribution in [0, 0.1) is 5.92 Å². The molecule has 1 aliphatic carbocycles. The summed E-state index contributed by atoms with van der Waals surface area (Å²) < 4.78 is 10.9. The molecule has 0 spiro atoms. The van der Waals surface area contributed by atoms with Crippen LogP contribution in [0.1, 0.15) is 32.6 Å². The van der Waals surface area contributed by atoms with Crippen LogP contribution in [-0.4, -0.2) is 37.5 Å². The van der Waals surface area contributed by atoms with Gasteiger partial charge in [0.25, 0.3) is 0 Å². The van der Waals surface area contributed by atoms with Gasteiger partial charge in [0.1, 0.15) is 6.61 Å². The number of para-hydroxylation sites is 2. The van der Waals surface area contributed by atoms with E-state index in [0.717, 1.165) is 37.3 Å². The molecule has 0 aliphatic heterocycles. The number of hydrogen-bond donors (Lipinski definition) is 2. The predicted molar refractivity (Wildman–Crippen MR) is 83.9 cm³/mol. The lowest BCUT2D eigenvalue weighted by atomic mass is 9.79. The molecule has 4 heteroatoms. The van der Waals surface area contributed by atoms with Crippen LogP contribution in [0.5, 0.6) is 11.5 Å². The van der Waals surface area contributed by atoms with Crippen LogP contribution in [0.15, 0.2) is 24.3 Å². The van der Waals surface area contributed by atoms with Gasteiger partial charge < -0.3 is 19.9 Å². The van der Waals surface area contributed by atoms with Gasteiger partial charge in [0.2, 0.25) is 0 Å². The van der Waals surface area contributed by atoms with Crippen molar-refractivity contribution in [2.24, 2.45) is 5.92 Å². The predicted octanol–water partition coefficient (Wildman–Crippen LogP) is 2.60. The molecule has 0 bridgehead atoms. The minimum absolute atomic E-state index is 0.540. The van der Waals surface area contributed by atoms with E-state index in [1.54, 1.807) is 7.11 Å². The van der Waals surface area contributed by atoms with Crippen molar-refractivity contribution in [2.45, 2.75) is 38.2 Å². The lowest BCUT2D eigenvalue weighted by Gasteiger charge is -2.35. The van der Waals surface area contributed by atoms with Gasteiger partial charge in [0.15, 0.2) is 11.5 Å². The van der Waals surface area contributed by atoms with E-state index >= 15 is 0 Å². The van der Waals surface area contributed by atoms with Crippen LogP contribution in [0.2, 0.25) is 0 Å². The van der Waals surface area contributed by atoms with Gasteiger partial charge in [-0.3, -0.25) is 0 Å². The molecule has 0 radical (unpaired) electrons. The van der Waals surface area contributed by atoms with E-state index in [2.05, 4.69) is 12.2 Å². The average molecular weight is 293 g/mol. The van der Waals surface area contributed by atoms with Gasteiger partial charge >= 0.3 is 0 Å². The summed E-state index contributed by atoms with van der Waals surface area (Å²) in [6.45, 7) is 4.14. The second-order valence-corrected chi connectivity index (χ2v) is 6.10. The van der Waals surface area contributed by atoms with E-state index in [0.29, 0.717) is 19.1 Å². The Labute approximate surface area is 127 Å². The third kappa shape index (κ3) is 4.90. The molecule has 1 fully saturated rings. The summed E-state index contributed by atoms with van der Waals surface area (Å²) in [7, 11) is 1.64. The minimum atomic E-state index is -0.540. The van der Waals surface area contributed by atoms with Gasteiger partial charge in [0.05, 0.1) is 12.7 Å². The fourth-order valence-electron chi connectivity index (χ4n) is 3.09. The van der Waals surface area contributed by atoms with Crippen molar-refractivity contribution in [3.05, 3.63) is 24.3 Å². The molecular weight excluding hydrogens is 266 g/mol. The molecule has 21 heavy (non-hydrogen) atoms. The molecule has 2 unspecified atom stereocenters. The Morgan fingerprint density at radius 1 is 1.33 bits per heavy atom. The maximum absolute atomic E-state index is 10.5. The summed E-state index contributed by atoms with van der Waals surface area (Å²) in [4.78, 5) is 0. The molecule has 2 N–H and O–H groups in total. The van der Waals surface area contributed by atoms with Crippen molar-refractivity contribution >= 4 is 0 Å². The number of hydrogen-bond acceptors (Lipinski definition) is 4. The highest BCUT2D eigenvalue weighted by Crippen LogP contribution is 2.31. The quantitative estimate of drug-likeness (QED) is 0.759. The molecule has 0 heterocycles. The molecule has 2 rings (SSSR count). The Hall–Kier alpha value is -1.26. The van der Waals surface area contributed by atoms with E-state index in [1.807, 2.05) is 24.3 Å². The number of aliphatic hydroxyl groups is 1. The number of nitrogens with one attached hydrogen (secondary N) is 1. The van der Waals surface area contributed by atoms with Gasteiger partial charge in [-0.25, -0.2) is 0 Å². The van der Waals surface area contributed by atoms with Crippen molar-refractivity contribution in [1.82, 2.24) is 5.32 Å². The first-order chi connectivity index (χ1) is 10.1. The molecule has 1 aromatic rings. The zero-order valence-electron chi connectivity index (χ0n) is 13.1. The summed E-state index contributed by atoms with van der Waals surface area (Å²) in [5.41, 5.74) is -0.540. The Kier molecular flexibility index (Phi) is 5.88. The molecule has 0 saturated heterocycles. The van der Waals surface area contributed by atoms with Crippen molar-refractivity contribution in [2.75, 3.05) is 26.8 Å². The standard InChI is InChI=1S/C17H27NO3/c1-14-6-5-9-17(19,12-14)13-18-10-11-21-16-8-4-3-7-15(16)20-2/h3-4,7-8,14,18-19H,5-6,9-13H2,1-2H3. The highest BCUT2D eigenvalue weighted by molar-refractivity contribution is 5.39. The molecule has 0 amide bonds. The van der Waals surface area contributed by atoms with E-state index in [1.165, 1.54) is 6.42 Å². The molecule has 1 aliphatic rings. The van der Waals surface area contributed by atoms with Crippen LogP contribution < -0.4 is 14.8 Å². The summed E-state index contributed by atoms with van der Waals surface area (Å²) in [5.74, 6) is 2.12. The van der Waals surface area contributed by atoms with Gasteiger partial charge in [-0.05, 0) is 30.9 Å². The fourth-order valence-corrected chi connectivity index (χ4v) is 3.09. The Balaban J connectivity index is 1.68. The lowest BCUT2D eigenvalue weighted by molar-refractivity contribution is -0.0119. The molecule has 0 aromatic heterocycles. The topological polar surface area (TPSA) is 50.7 Å². The first kappa shape index (κ1) is 16.1. The van der Waals surface area contributed by atoms with Crippen LogP contribution >= 0.6 is 0 Å². The maximum Gasteiger partial charge on any atom is 0.161 e. The third-order valence-corrected chi connectivity index (χ3v) is 4.13. The van der Waals surface area contributed by atoms with Crippen LogP contribution in [-0.2, 0) is 0 Å². The van der Waals surface area contributed by atoms with Crippen molar-refractivity contribution < 1.29 is 14.6 Å². The van der Waals surface area contributed by atoms with Gasteiger partial charge in [-0.2, -0.15) is 0 Å². The zero-order chi connectivity index (χ0) is 15.1. The Morgan fingerprint density at radius 3 is 2.81 bits per heavy atom. The van der Waals surface area contributed by atoms with E-state index in [4.69, 9.17) is 9.47 Å². The monoisotopic (exact) mass is 293 g/mol. The third-order valence-electron chi connectivity index (χ3n) is 4.13. The number of rotatable bonds is 7. The van der Waals surface area contributed by atoms with E-state index < -0.39 is 5.60 Å². The molecule has 1 aromatic carbocycles. The van der Waals surface area contributed by atoms with Gasteiger partial charge in [0, 0.05) is 13.1 Å². The van der Waals surface area contributed by atoms with Crippen LogP contribution in [0.4, 0.5) is 0 Å². The van der Waals surface area contributed by atoms with Gasteiger partial charge in [-0.1, -0.05) is 31.9 Å². The van der Waals surface area contributed by atoms with E-state index in [-0.39, 0.29) is 0 Å². The number of methoxy groups -OCH3 is 1. The second-order valence-electron chi connectivity index (χ2n) is 6.10. The first-order valence-electron chi connectivity index (χ1n) is 7.82. The highest BCUT2D eigenvalue weighted by Gasteiger charge is 2.31. The molecule has 2 atom stereocenters. The molecular formula is C17H27NO3. The van der Waals surface area contributed by atoms with Crippen LogP contribution in [0.25, 0.3) is 0 Å². The maximum atomic E-state index is 10.5. The largest absolute Gasteiger partial charge is 0.493 e. The van der Waals surface area contributed by atoms with Crippen molar-refractivity contribution in [1.29, 1.82) is 0 Å². The van der Waals surface area contributed by atoms with Crippen molar-refractivity contribution in [3.8, 4) is 11.5 Å². The fraction of sp³-hybridized carbons (Fsp3) is 0.647. The smallest absolute Gasteiger partial charge is 0.161 e. The van der Waals surface area contributed by atoms with Crippen molar-refractivity contribution in [3.63, 3.8) is 0 Å². The van der Waals surface area contributed by atoms with Crippen LogP contribution in [0.3, 0.4) is 0 Å². The highest BCUT2D eigenvalue weighted by atomic mass is 16.5. The average Bonchev–Trinajstić information content (AvgIpc) is 2.47. The second kappa shape index (κ2) is 7.66. The Bertz CT molecular complexity index is 438. The normalized spacial score (nSPS) is 25.6.